The van der Waals surface area contributed by atoms with Gasteiger partial charge in [0.05, 0.1) is 0 Å². The molecule has 0 aromatic carbocycles. The molecule has 0 aliphatic carbocycles. The predicted octanol–water partition coefficient (Wildman–Crippen LogP) is 9.66. The molecule has 0 N–H and O–H groups in total. The van der Waals surface area contributed by atoms with Gasteiger partial charge in [-0.25, -0.2) is 0 Å². The van der Waals surface area contributed by atoms with Crippen molar-refractivity contribution in [2.75, 3.05) is 13.1 Å². The van der Waals surface area contributed by atoms with Gasteiger partial charge in [-0.15, -0.1) is 13.1 Å². The minimum Gasteiger partial charge on any atom is -0.668 e. The molecule has 0 fully saturated rings. The van der Waals surface area contributed by atoms with E-state index in [0.717, 1.165) is 26.2 Å². The maximum atomic E-state index is 4.82. The van der Waals surface area contributed by atoms with Crippen molar-refractivity contribution in [3.63, 3.8) is 0 Å². The second kappa shape index (κ2) is 17.6. The predicted molar refractivity (Wildman–Crippen MR) is 181 cm³/mol. The van der Waals surface area contributed by atoms with E-state index in [1.807, 2.05) is 0 Å². The van der Waals surface area contributed by atoms with Crippen LogP contribution >= 0.6 is 0 Å². The fourth-order valence-electron chi connectivity index (χ4n) is 4.57. The third-order valence-corrected chi connectivity index (χ3v) is 15.9. The normalized spacial score (nSPS) is 12.2. The van der Waals surface area contributed by atoms with Crippen molar-refractivity contribution >= 4 is 32.9 Å². The van der Waals surface area contributed by atoms with Crippen LogP contribution in [-0.2, 0) is 13.1 Å². The number of hydrogen-bond acceptors (Lipinski definition) is 0. The third kappa shape index (κ3) is 21.4. The molecule has 0 saturated heterocycles. The minimum absolute atomic E-state index is 0. The van der Waals surface area contributed by atoms with Gasteiger partial charge in [-0.2, -0.15) is 0 Å². The summed E-state index contributed by atoms with van der Waals surface area (Å²) in [7, 11) is -4.42. The number of hydrogen-bond donors (Lipinski definition) is 0. The van der Waals surface area contributed by atoms with Crippen molar-refractivity contribution in [3.8, 4) is 0 Å². The van der Waals surface area contributed by atoms with Gasteiger partial charge in [-0.05, 0) is 52.0 Å². The molecule has 0 aliphatic heterocycles. The smallest absolute Gasteiger partial charge is 0.668 e. The average molecular weight is 723 g/mol. The van der Waals surface area contributed by atoms with Crippen LogP contribution in [0.1, 0.15) is 22.8 Å². The third-order valence-electron chi connectivity index (χ3n) is 5.14. The monoisotopic (exact) mass is 720 g/mol. The second-order valence-corrected chi connectivity index (χ2v) is 33.3. The summed E-state index contributed by atoms with van der Waals surface area (Å²) in [4.78, 5) is 0. The summed E-state index contributed by atoms with van der Waals surface area (Å²) in [6.45, 7) is 40.0. The number of aromatic nitrogens is 2. The Morgan fingerprint density at radius 1 is 0.474 bits per heavy atom. The Bertz CT molecular complexity index is 777. The molecule has 0 aliphatic rings. The molecular weight excluding hydrogens is 663 g/mol. The number of rotatable bonds is 10. The molecule has 0 spiro atoms. The Labute approximate surface area is 274 Å². The second-order valence-electron chi connectivity index (χ2n) is 14.1. The van der Waals surface area contributed by atoms with E-state index in [9.17, 15) is 0 Å². The molecule has 217 valence electrons. The minimum atomic E-state index is -1.11. The van der Waals surface area contributed by atoms with Crippen LogP contribution in [0.25, 0.3) is 14.6 Å². The Kier molecular flexibility index (Phi) is 18.9. The molecule has 5 nitrogen and oxygen atoms in total. The van der Waals surface area contributed by atoms with Crippen LogP contribution in [0.15, 0.2) is 24.3 Å². The van der Waals surface area contributed by atoms with Gasteiger partial charge in [0.25, 0.3) is 0 Å². The molecular formula is C28H60N5NdSi4. The van der Waals surface area contributed by atoms with Gasteiger partial charge in [0.15, 0.2) is 0 Å². The molecule has 0 bridgehead atoms. The fourth-order valence-corrected chi connectivity index (χ4v) is 20.7. The van der Waals surface area contributed by atoms with Crippen molar-refractivity contribution in [1.29, 1.82) is 0 Å². The number of nitrogens with zero attached hydrogens (tertiary/aromatic N) is 5. The summed E-state index contributed by atoms with van der Waals surface area (Å²) >= 11 is 0. The van der Waals surface area contributed by atoms with Crippen molar-refractivity contribution < 1.29 is 40.8 Å². The molecule has 2 aromatic rings. The van der Waals surface area contributed by atoms with Crippen LogP contribution in [0.4, 0.5) is 0 Å². The van der Waals surface area contributed by atoms with Gasteiger partial charge in [-0.1, -0.05) is 112 Å². The Morgan fingerprint density at radius 2 is 0.684 bits per heavy atom. The van der Waals surface area contributed by atoms with E-state index in [0.29, 0.717) is 0 Å². The zero-order chi connectivity index (χ0) is 29.2. The molecule has 0 unspecified atom stereocenters. The van der Waals surface area contributed by atoms with E-state index in [-0.39, 0.29) is 40.8 Å². The van der Waals surface area contributed by atoms with Crippen LogP contribution in [0.5, 0.6) is 0 Å². The van der Waals surface area contributed by atoms with Crippen LogP contribution in [0, 0.1) is 68.5 Å². The standard InChI is InChI=1S/C16H24N3.2C6H18NSi2.Nd/c1-13-5-6-14(2)18(13)11-9-17-10-12-19-15(3)7-8-16(19)4;2*1-8(2,3)7-9(4,5)6;/h5-8H,9-12H2,1-4H3;2*1-6H3;/q3*-1;+3. The first-order valence-electron chi connectivity index (χ1n) is 13.9. The molecule has 2 rings (SSSR count). The fraction of sp³-hybridized carbons (Fsp3) is 0.714. The van der Waals surface area contributed by atoms with E-state index in [1.165, 1.54) is 22.8 Å². The van der Waals surface area contributed by atoms with E-state index < -0.39 is 32.9 Å². The van der Waals surface area contributed by atoms with Crippen molar-refractivity contribution in [1.82, 2.24) is 9.13 Å². The largest absolute Gasteiger partial charge is 3.00 e. The molecule has 1 radical (unpaired) electrons. The van der Waals surface area contributed by atoms with Crippen molar-refractivity contribution in [3.05, 3.63) is 61.7 Å². The molecule has 2 aromatic heterocycles. The van der Waals surface area contributed by atoms with E-state index in [4.69, 9.17) is 9.30 Å². The van der Waals surface area contributed by atoms with Crippen LogP contribution in [0.3, 0.4) is 0 Å². The maximum absolute atomic E-state index is 4.82. The average Bonchev–Trinajstić information content (AvgIpc) is 3.12. The number of aryl methyl sites for hydroxylation is 4. The summed E-state index contributed by atoms with van der Waals surface area (Å²) in [5.74, 6) is 0. The Morgan fingerprint density at radius 3 is 0.842 bits per heavy atom. The van der Waals surface area contributed by atoms with Crippen LogP contribution < -0.4 is 0 Å². The van der Waals surface area contributed by atoms with Gasteiger partial charge in [0, 0.05) is 35.9 Å². The first-order chi connectivity index (χ1) is 16.5. The Balaban J connectivity index is 0. The molecule has 0 saturated carbocycles. The molecule has 0 amide bonds. The van der Waals surface area contributed by atoms with E-state index in [1.54, 1.807) is 0 Å². The summed E-state index contributed by atoms with van der Waals surface area (Å²) in [5, 5.41) is 4.64. The summed E-state index contributed by atoms with van der Waals surface area (Å²) in [5.41, 5.74) is 5.30. The van der Waals surface area contributed by atoms with Gasteiger partial charge in [0.1, 0.15) is 0 Å². The van der Waals surface area contributed by atoms with Crippen LogP contribution in [-0.4, -0.2) is 55.2 Å². The van der Waals surface area contributed by atoms with Gasteiger partial charge < -0.3 is 23.7 Å². The van der Waals surface area contributed by atoms with E-state index >= 15 is 0 Å². The summed E-state index contributed by atoms with van der Waals surface area (Å²) in [6.07, 6.45) is 0. The first-order valence-corrected chi connectivity index (χ1v) is 27.7. The molecule has 10 heteroatoms. The maximum Gasteiger partial charge on any atom is 3.00 e. The molecule has 38 heavy (non-hydrogen) atoms. The first kappa shape index (κ1) is 40.8. The van der Waals surface area contributed by atoms with Gasteiger partial charge in [-0.3, -0.25) is 0 Å². The summed E-state index contributed by atoms with van der Waals surface area (Å²) in [6, 6.07) is 8.67. The van der Waals surface area contributed by atoms with E-state index in [2.05, 4.69) is 145 Å². The van der Waals surface area contributed by atoms with Crippen LogP contribution in [0.2, 0.25) is 78.6 Å². The van der Waals surface area contributed by atoms with Gasteiger partial charge >= 0.3 is 40.8 Å². The van der Waals surface area contributed by atoms with Crippen molar-refractivity contribution in [2.45, 2.75) is 119 Å². The van der Waals surface area contributed by atoms with Gasteiger partial charge in [0.2, 0.25) is 0 Å². The Hall–Kier alpha value is 0.658. The topological polar surface area (TPSA) is 52.2 Å². The molecule has 0 atom stereocenters. The zero-order valence-electron chi connectivity index (χ0n) is 27.9. The van der Waals surface area contributed by atoms with Crippen molar-refractivity contribution in [2.24, 2.45) is 0 Å². The summed E-state index contributed by atoms with van der Waals surface area (Å²) < 4.78 is 14.3. The SMILES string of the molecule is C[Si](C)(C)[N-][Si](C)(C)C.C[Si](C)(C)[N-][Si](C)(C)C.Cc1ccc(C)n1CC[N-]CCn1c(C)ccc1C.[Nd+3]. The zero-order valence-corrected chi connectivity index (χ0v) is 35.1. The molecule has 2 heterocycles. The quantitative estimate of drug-likeness (QED) is 0.173.